The van der Waals surface area contributed by atoms with Crippen molar-refractivity contribution in [2.75, 3.05) is 19.4 Å². The van der Waals surface area contributed by atoms with Gasteiger partial charge in [0.05, 0.1) is 37.8 Å². The fourth-order valence-electron chi connectivity index (χ4n) is 4.53. The Hall–Kier alpha value is -4.09. The maximum Gasteiger partial charge on any atom is 0.434 e. The topological polar surface area (TPSA) is 104 Å². The van der Waals surface area contributed by atoms with E-state index in [1.54, 1.807) is 41.8 Å². The molecular weight excluding hydrogens is 463 g/mol. The van der Waals surface area contributed by atoms with Crippen LogP contribution in [-0.2, 0) is 19.3 Å². The molecule has 0 atom stereocenters. The summed E-state index contributed by atoms with van der Waals surface area (Å²) < 4.78 is 49.2. The number of aryl methyl sites for hydroxylation is 1. The van der Waals surface area contributed by atoms with Gasteiger partial charge in [0.25, 0.3) is 5.91 Å². The summed E-state index contributed by atoms with van der Waals surface area (Å²) in [6, 6.07) is 5.33. The van der Waals surface area contributed by atoms with Crippen LogP contribution in [0.5, 0.6) is 5.75 Å². The van der Waals surface area contributed by atoms with Crippen LogP contribution in [0.15, 0.2) is 30.6 Å². The van der Waals surface area contributed by atoms with E-state index < -0.39 is 17.8 Å². The van der Waals surface area contributed by atoms with E-state index in [-0.39, 0.29) is 29.1 Å². The van der Waals surface area contributed by atoms with Crippen LogP contribution in [0.2, 0.25) is 0 Å². The molecule has 4 aromatic rings. The molecule has 1 aliphatic heterocycles. The van der Waals surface area contributed by atoms with E-state index in [0.29, 0.717) is 41.9 Å². The molecule has 0 bridgehead atoms. The number of carbonyl (C=O) groups is 1. The number of alkyl halides is 3. The minimum atomic E-state index is -4.72. The first kappa shape index (κ1) is 22.7. The van der Waals surface area contributed by atoms with Gasteiger partial charge in [-0.3, -0.25) is 14.0 Å². The molecule has 0 radical (unpaired) electrons. The summed E-state index contributed by atoms with van der Waals surface area (Å²) in [5, 5.41) is 4.21. The van der Waals surface area contributed by atoms with Crippen molar-refractivity contribution >= 4 is 22.9 Å². The van der Waals surface area contributed by atoms with Crippen molar-refractivity contribution in [3.05, 3.63) is 58.7 Å². The predicted molar refractivity (Wildman–Crippen MR) is 121 cm³/mol. The van der Waals surface area contributed by atoms with Crippen molar-refractivity contribution in [2.45, 2.75) is 33.1 Å². The van der Waals surface area contributed by atoms with Crippen molar-refractivity contribution in [3.63, 3.8) is 0 Å². The largest absolute Gasteiger partial charge is 0.496 e. The molecule has 1 aliphatic rings. The summed E-state index contributed by atoms with van der Waals surface area (Å²) in [4.78, 5) is 23.1. The van der Waals surface area contributed by atoms with Gasteiger partial charge < -0.3 is 15.4 Å². The normalized spacial score (nSPS) is 13.8. The molecule has 35 heavy (non-hydrogen) atoms. The molecule has 0 unspecified atom stereocenters. The summed E-state index contributed by atoms with van der Waals surface area (Å²) in [7, 11) is 1.50. The van der Waals surface area contributed by atoms with Gasteiger partial charge in [-0.1, -0.05) is 6.07 Å². The number of halogens is 3. The van der Waals surface area contributed by atoms with Gasteiger partial charge in [0, 0.05) is 18.3 Å². The Labute approximate surface area is 197 Å². The van der Waals surface area contributed by atoms with Crippen LogP contribution in [0.25, 0.3) is 16.9 Å². The summed E-state index contributed by atoms with van der Waals surface area (Å²) in [5.74, 6) is 0.0396. The number of hydrogen-bond acceptors (Lipinski definition) is 6. The second-order valence-electron chi connectivity index (χ2n) is 8.35. The van der Waals surface area contributed by atoms with Crippen LogP contribution >= 0.6 is 0 Å². The molecule has 1 amide bonds. The summed E-state index contributed by atoms with van der Waals surface area (Å²) >= 11 is 0. The minimum absolute atomic E-state index is 0.00111. The molecule has 1 aromatic carbocycles. The molecule has 182 valence electrons. The Balaban J connectivity index is 1.75. The smallest absolute Gasteiger partial charge is 0.434 e. The Morgan fingerprint density at radius 2 is 1.94 bits per heavy atom. The van der Waals surface area contributed by atoms with E-state index in [9.17, 15) is 18.0 Å². The molecule has 0 saturated carbocycles. The van der Waals surface area contributed by atoms with Gasteiger partial charge in [-0.15, -0.1) is 0 Å². The van der Waals surface area contributed by atoms with Crippen LogP contribution < -0.4 is 10.5 Å². The number of nitrogen functional groups attached to an aromatic ring is 1. The highest BCUT2D eigenvalue weighted by molar-refractivity contribution is 6.10. The molecule has 2 N–H and O–H groups in total. The number of ether oxygens (including phenoxy) is 1. The van der Waals surface area contributed by atoms with Gasteiger partial charge >= 0.3 is 6.18 Å². The van der Waals surface area contributed by atoms with Crippen LogP contribution in [0.4, 0.5) is 19.0 Å². The number of carbonyl (C=O) groups excluding carboxylic acids is 1. The number of methoxy groups -OCH3 is 1. The number of hydrogen-bond donors (Lipinski definition) is 1. The lowest BCUT2D eigenvalue weighted by atomic mass is 10.1. The fourth-order valence-corrected chi connectivity index (χ4v) is 4.53. The number of rotatable bonds is 3. The number of amides is 1. The molecular formula is C23H22F3N7O2. The van der Waals surface area contributed by atoms with Crippen molar-refractivity contribution < 1.29 is 22.7 Å². The summed E-state index contributed by atoms with van der Waals surface area (Å²) in [6.07, 6.45) is -2.44. The van der Waals surface area contributed by atoms with E-state index >= 15 is 0 Å². The van der Waals surface area contributed by atoms with E-state index in [2.05, 4.69) is 15.1 Å². The monoisotopic (exact) mass is 485 g/mol. The van der Waals surface area contributed by atoms with Gasteiger partial charge in [-0.2, -0.15) is 18.3 Å². The second-order valence-corrected chi connectivity index (χ2v) is 8.35. The Morgan fingerprint density at radius 3 is 2.66 bits per heavy atom. The zero-order valence-electron chi connectivity index (χ0n) is 19.2. The molecule has 9 nitrogen and oxygen atoms in total. The molecule has 0 spiro atoms. The maximum absolute atomic E-state index is 13.7. The lowest BCUT2D eigenvalue weighted by Gasteiger charge is -2.27. The van der Waals surface area contributed by atoms with E-state index in [1.807, 2.05) is 6.07 Å². The average Bonchev–Trinajstić information content (AvgIpc) is 3.40. The quantitative estimate of drug-likeness (QED) is 0.476. The van der Waals surface area contributed by atoms with Gasteiger partial charge in [0.2, 0.25) is 0 Å². The van der Waals surface area contributed by atoms with Gasteiger partial charge in [0.15, 0.2) is 11.3 Å². The highest BCUT2D eigenvalue weighted by Crippen LogP contribution is 2.37. The molecule has 0 saturated heterocycles. The molecule has 12 heteroatoms. The number of fused-ring (bicyclic) bond motifs is 2. The summed E-state index contributed by atoms with van der Waals surface area (Å²) in [6.45, 7) is 4.70. The van der Waals surface area contributed by atoms with Crippen LogP contribution in [0.1, 0.15) is 32.9 Å². The lowest BCUT2D eigenvalue weighted by Crippen LogP contribution is -2.38. The third-order valence-corrected chi connectivity index (χ3v) is 6.26. The van der Waals surface area contributed by atoms with Gasteiger partial charge in [-0.05, 0) is 31.5 Å². The highest BCUT2D eigenvalue weighted by Gasteiger charge is 2.36. The zero-order valence-corrected chi connectivity index (χ0v) is 19.2. The zero-order chi connectivity index (χ0) is 25.1. The van der Waals surface area contributed by atoms with E-state index in [0.717, 1.165) is 5.69 Å². The second kappa shape index (κ2) is 8.00. The number of aromatic nitrogens is 5. The molecule has 5 rings (SSSR count). The number of benzene rings is 1. The Bertz CT molecular complexity index is 1470. The van der Waals surface area contributed by atoms with Gasteiger partial charge in [-0.25, -0.2) is 9.97 Å². The Morgan fingerprint density at radius 1 is 1.17 bits per heavy atom. The lowest BCUT2D eigenvalue weighted by molar-refractivity contribution is -0.141. The molecule has 3 aromatic heterocycles. The minimum Gasteiger partial charge on any atom is -0.496 e. The number of anilines is 1. The highest BCUT2D eigenvalue weighted by atomic mass is 19.4. The number of nitrogens with zero attached hydrogens (tertiary/aromatic N) is 6. The predicted octanol–water partition coefficient (Wildman–Crippen LogP) is 3.50. The third-order valence-electron chi connectivity index (χ3n) is 6.26. The first-order valence-corrected chi connectivity index (χ1v) is 10.8. The van der Waals surface area contributed by atoms with Crippen molar-refractivity contribution in [3.8, 4) is 11.4 Å². The van der Waals surface area contributed by atoms with Gasteiger partial charge in [0.1, 0.15) is 22.6 Å². The summed E-state index contributed by atoms with van der Waals surface area (Å²) in [5.41, 5.74) is 7.87. The van der Waals surface area contributed by atoms with Crippen LogP contribution in [0.3, 0.4) is 0 Å². The van der Waals surface area contributed by atoms with E-state index in [1.165, 1.54) is 11.7 Å². The maximum atomic E-state index is 13.7. The first-order chi connectivity index (χ1) is 16.6. The van der Waals surface area contributed by atoms with Crippen LogP contribution in [-0.4, -0.2) is 48.8 Å². The molecule has 0 aliphatic carbocycles. The van der Waals surface area contributed by atoms with Crippen LogP contribution in [0, 0.1) is 13.8 Å². The average molecular weight is 485 g/mol. The molecule has 0 fully saturated rings. The van der Waals surface area contributed by atoms with E-state index in [4.69, 9.17) is 10.5 Å². The third kappa shape index (κ3) is 3.56. The SMILES string of the molecule is COc1ccc(C)c(-n2c(N)c(C(=O)N3CCn4nccc4C3)c3ncc(C(F)(F)F)nc32)c1C. The Kier molecular flexibility index (Phi) is 5.18. The van der Waals surface area contributed by atoms with Crippen molar-refractivity contribution in [2.24, 2.45) is 0 Å². The molecule has 4 heterocycles. The van der Waals surface area contributed by atoms with Crippen molar-refractivity contribution in [1.82, 2.24) is 29.2 Å². The first-order valence-electron chi connectivity index (χ1n) is 10.8. The number of nitrogens with two attached hydrogens (primary N) is 1. The fraction of sp³-hybridized carbons (Fsp3) is 0.304. The van der Waals surface area contributed by atoms with Crippen molar-refractivity contribution in [1.29, 1.82) is 0 Å². The standard InChI is InChI=1S/C23H22F3N7O2/c1-12-4-5-15(35-3)13(2)19(12)33-20(27)17(18-21(33)30-16(10-28-18)23(24,25)26)22(34)31-8-9-32-14(11-31)6-7-29-32/h4-7,10H,8-9,11,27H2,1-3H3.